The van der Waals surface area contributed by atoms with Gasteiger partial charge in [0.15, 0.2) is 0 Å². The molecule has 1 aromatic rings. The molecule has 2 rings (SSSR count). The van der Waals surface area contributed by atoms with Crippen molar-refractivity contribution >= 4 is 17.5 Å². The minimum Gasteiger partial charge on any atom is -0.337 e. The lowest BCUT2D eigenvalue weighted by Gasteiger charge is -2.26. The number of halogens is 2. The van der Waals surface area contributed by atoms with Gasteiger partial charge in [0.25, 0.3) is 0 Å². The van der Waals surface area contributed by atoms with Crippen molar-refractivity contribution in [2.75, 3.05) is 20.3 Å². The van der Waals surface area contributed by atoms with Crippen molar-refractivity contribution in [3.8, 4) is 0 Å². The summed E-state index contributed by atoms with van der Waals surface area (Å²) in [5.41, 5.74) is 1.05. The summed E-state index contributed by atoms with van der Waals surface area (Å²) in [6.07, 6.45) is 0.928. The highest BCUT2D eigenvalue weighted by Crippen LogP contribution is 2.32. The third kappa shape index (κ3) is 3.25. The number of carbonyl (C=O) groups is 1. The predicted octanol–water partition coefficient (Wildman–Crippen LogP) is 2.56. The Morgan fingerprint density at radius 1 is 1.42 bits per heavy atom. The predicted molar refractivity (Wildman–Crippen MR) is 74.0 cm³/mol. The van der Waals surface area contributed by atoms with E-state index in [2.05, 4.69) is 5.32 Å². The van der Waals surface area contributed by atoms with Crippen LogP contribution < -0.4 is 5.32 Å². The van der Waals surface area contributed by atoms with Gasteiger partial charge in [0, 0.05) is 24.5 Å². The Bertz CT molecular complexity index is 438. The summed E-state index contributed by atoms with van der Waals surface area (Å²) in [6, 6.07) is 7.55. The first-order valence-electron chi connectivity index (χ1n) is 6.44. The van der Waals surface area contributed by atoms with E-state index in [-0.39, 0.29) is 24.7 Å². The molecule has 1 saturated heterocycles. The van der Waals surface area contributed by atoms with E-state index in [9.17, 15) is 9.18 Å². The van der Waals surface area contributed by atoms with Crippen LogP contribution in [0.3, 0.4) is 0 Å². The summed E-state index contributed by atoms with van der Waals surface area (Å²) in [6.45, 7) is 0.251. The maximum atomic E-state index is 12.2. The monoisotopic (exact) mass is 284 g/mol. The third-order valence-corrected chi connectivity index (χ3v) is 3.77. The Hall–Kier alpha value is -1.13. The fourth-order valence-corrected chi connectivity index (χ4v) is 2.65. The Morgan fingerprint density at radius 3 is 2.74 bits per heavy atom. The molecule has 1 aliphatic heterocycles. The third-order valence-electron chi connectivity index (χ3n) is 3.51. The van der Waals surface area contributed by atoms with Crippen molar-refractivity contribution in [2.45, 2.75) is 24.9 Å². The molecule has 0 spiro atoms. The van der Waals surface area contributed by atoms with E-state index in [0.29, 0.717) is 24.4 Å². The molecule has 1 N–H and O–H groups in total. The van der Waals surface area contributed by atoms with Crippen LogP contribution in [0.4, 0.5) is 4.39 Å². The average Bonchev–Trinajstić information content (AvgIpc) is 2.67. The van der Waals surface area contributed by atoms with Crippen LogP contribution in [0.1, 0.15) is 24.4 Å². The van der Waals surface area contributed by atoms with E-state index >= 15 is 0 Å². The fraction of sp³-hybridized carbons (Fsp3) is 0.500. The first-order chi connectivity index (χ1) is 9.13. The molecule has 1 aliphatic rings. The number of likely N-dealkylation sites (tertiary alicyclic amines) is 1. The second-order valence-electron chi connectivity index (χ2n) is 4.81. The second kappa shape index (κ2) is 6.35. The molecule has 2 atom stereocenters. The molecule has 0 saturated carbocycles. The summed E-state index contributed by atoms with van der Waals surface area (Å²) < 4.78 is 12.2. The first kappa shape index (κ1) is 14.3. The maximum absolute atomic E-state index is 12.2. The van der Waals surface area contributed by atoms with Gasteiger partial charge < -0.3 is 10.2 Å². The van der Waals surface area contributed by atoms with Gasteiger partial charge in [-0.15, -0.1) is 0 Å². The molecule has 2 unspecified atom stereocenters. The van der Waals surface area contributed by atoms with E-state index in [1.165, 1.54) is 0 Å². The number of benzene rings is 1. The number of nitrogens with zero attached hydrogens (tertiary/aromatic N) is 1. The topological polar surface area (TPSA) is 32.3 Å². The molecule has 0 radical (unpaired) electrons. The normalized spacial score (nSPS) is 23.1. The van der Waals surface area contributed by atoms with Crippen molar-refractivity contribution in [1.29, 1.82) is 0 Å². The maximum Gasteiger partial charge on any atom is 0.224 e. The lowest BCUT2D eigenvalue weighted by atomic mass is 10.00. The molecule has 104 valence electrons. The number of hydrogen-bond acceptors (Lipinski definition) is 2. The van der Waals surface area contributed by atoms with Crippen molar-refractivity contribution in [1.82, 2.24) is 10.2 Å². The van der Waals surface area contributed by atoms with Crippen molar-refractivity contribution < 1.29 is 9.18 Å². The molecule has 0 bridgehead atoms. The van der Waals surface area contributed by atoms with Gasteiger partial charge in [-0.3, -0.25) is 9.18 Å². The van der Waals surface area contributed by atoms with Crippen molar-refractivity contribution in [3.63, 3.8) is 0 Å². The van der Waals surface area contributed by atoms with E-state index < -0.39 is 0 Å². The van der Waals surface area contributed by atoms with Gasteiger partial charge in [0.1, 0.15) is 0 Å². The number of rotatable bonds is 5. The molecule has 0 aliphatic carbocycles. The van der Waals surface area contributed by atoms with Crippen molar-refractivity contribution in [3.05, 3.63) is 34.9 Å². The van der Waals surface area contributed by atoms with Gasteiger partial charge in [-0.25, -0.2) is 0 Å². The fourth-order valence-electron chi connectivity index (χ4n) is 2.52. The smallest absolute Gasteiger partial charge is 0.224 e. The minimum atomic E-state index is -0.338. The molecule has 3 nitrogen and oxygen atoms in total. The van der Waals surface area contributed by atoms with E-state index in [1.807, 2.05) is 24.3 Å². The molecule has 1 aromatic carbocycles. The zero-order valence-corrected chi connectivity index (χ0v) is 11.7. The van der Waals surface area contributed by atoms with Gasteiger partial charge in [-0.1, -0.05) is 23.7 Å². The molecule has 19 heavy (non-hydrogen) atoms. The SMILES string of the molecule is CN1C(=O)CC(NCCCF)C1c1ccc(Cl)cc1. The molecular weight excluding hydrogens is 267 g/mol. The van der Waals surface area contributed by atoms with Gasteiger partial charge in [-0.2, -0.15) is 0 Å². The largest absolute Gasteiger partial charge is 0.337 e. The number of hydrogen-bond donors (Lipinski definition) is 1. The summed E-state index contributed by atoms with van der Waals surface area (Å²) >= 11 is 5.88. The van der Waals surface area contributed by atoms with Gasteiger partial charge in [0.2, 0.25) is 5.91 Å². The lowest BCUT2D eigenvalue weighted by Crippen LogP contribution is -2.35. The highest BCUT2D eigenvalue weighted by Gasteiger charge is 2.37. The van der Waals surface area contributed by atoms with Gasteiger partial charge in [-0.05, 0) is 30.7 Å². The van der Waals surface area contributed by atoms with Crippen LogP contribution in [0.25, 0.3) is 0 Å². The Kier molecular flexibility index (Phi) is 4.77. The molecule has 1 heterocycles. The minimum absolute atomic E-state index is 0.00984. The molecule has 0 aromatic heterocycles. The first-order valence-corrected chi connectivity index (χ1v) is 6.81. The zero-order valence-electron chi connectivity index (χ0n) is 10.9. The number of carbonyl (C=O) groups excluding carboxylic acids is 1. The highest BCUT2D eigenvalue weighted by molar-refractivity contribution is 6.30. The number of alkyl halides is 1. The van der Waals surface area contributed by atoms with E-state index in [1.54, 1.807) is 11.9 Å². The van der Waals surface area contributed by atoms with Gasteiger partial charge >= 0.3 is 0 Å². The lowest BCUT2D eigenvalue weighted by molar-refractivity contribution is -0.127. The summed E-state index contributed by atoms with van der Waals surface area (Å²) in [5.74, 6) is 0.109. The number of nitrogens with one attached hydrogen (secondary N) is 1. The van der Waals surface area contributed by atoms with Gasteiger partial charge in [0.05, 0.1) is 12.7 Å². The van der Waals surface area contributed by atoms with Crippen LogP contribution in [0, 0.1) is 0 Å². The van der Waals surface area contributed by atoms with E-state index in [0.717, 1.165) is 5.56 Å². The highest BCUT2D eigenvalue weighted by atomic mass is 35.5. The molecular formula is C14H18ClFN2O. The summed E-state index contributed by atoms with van der Waals surface area (Å²) in [7, 11) is 1.80. The second-order valence-corrected chi connectivity index (χ2v) is 5.24. The van der Waals surface area contributed by atoms with Crippen LogP contribution in [-0.4, -0.2) is 37.1 Å². The molecule has 5 heteroatoms. The number of likely N-dealkylation sites (N-methyl/N-ethyl adjacent to an activating group) is 1. The number of amides is 1. The summed E-state index contributed by atoms with van der Waals surface area (Å²) in [4.78, 5) is 13.6. The van der Waals surface area contributed by atoms with Crippen molar-refractivity contribution in [2.24, 2.45) is 0 Å². The van der Waals surface area contributed by atoms with Crippen LogP contribution >= 0.6 is 11.6 Å². The standard InChI is InChI=1S/C14H18ClFN2O/c1-18-13(19)9-12(17-8-2-7-16)14(18)10-3-5-11(15)6-4-10/h3-6,12,14,17H,2,7-9H2,1H3. The van der Waals surface area contributed by atoms with Crippen LogP contribution in [0.15, 0.2) is 24.3 Å². The van der Waals surface area contributed by atoms with Crippen LogP contribution in [-0.2, 0) is 4.79 Å². The zero-order chi connectivity index (χ0) is 13.8. The quantitative estimate of drug-likeness (QED) is 0.843. The Balaban J connectivity index is 2.13. The molecule has 1 amide bonds. The van der Waals surface area contributed by atoms with Crippen LogP contribution in [0.5, 0.6) is 0 Å². The van der Waals surface area contributed by atoms with Crippen LogP contribution in [0.2, 0.25) is 5.02 Å². The molecule has 1 fully saturated rings. The van der Waals surface area contributed by atoms with E-state index in [4.69, 9.17) is 11.6 Å². The Labute approximate surface area is 117 Å². The average molecular weight is 285 g/mol. The summed E-state index contributed by atoms with van der Waals surface area (Å²) in [5, 5.41) is 3.95. The Morgan fingerprint density at radius 2 is 2.11 bits per heavy atom.